The predicted molar refractivity (Wildman–Crippen MR) is 113 cm³/mol. The number of para-hydroxylation sites is 1. The summed E-state index contributed by atoms with van der Waals surface area (Å²) in [5, 5.41) is 12.0. The monoisotopic (exact) mass is 428 g/mol. The first-order chi connectivity index (χ1) is 14.0. The molecule has 1 aromatic heterocycles. The van der Waals surface area contributed by atoms with Crippen molar-refractivity contribution < 1.29 is 13.2 Å². The zero-order valence-electron chi connectivity index (χ0n) is 15.6. The summed E-state index contributed by atoms with van der Waals surface area (Å²) in [4.78, 5) is 12.3. The number of aromatic nitrogens is 3. The number of hydrogen-bond donors (Lipinski definition) is 1. The van der Waals surface area contributed by atoms with Crippen LogP contribution < -0.4 is 5.32 Å². The third-order valence-corrected chi connectivity index (χ3v) is 7.31. The number of carbonyl (C=O) groups is 1. The van der Waals surface area contributed by atoms with E-state index < -0.39 is 9.84 Å². The maximum atomic E-state index is 12.3. The molecule has 0 radical (unpaired) electrons. The molecule has 9 heteroatoms. The highest BCUT2D eigenvalue weighted by atomic mass is 32.2. The number of sulfone groups is 1. The van der Waals surface area contributed by atoms with E-state index in [0.29, 0.717) is 17.4 Å². The number of hydrogen-bond acceptors (Lipinski definition) is 6. The minimum absolute atomic E-state index is 0.0156. The minimum Gasteiger partial charge on any atom is -0.352 e. The first kappa shape index (κ1) is 19.7. The summed E-state index contributed by atoms with van der Waals surface area (Å²) >= 11 is 1.28. The van der Waals surface area contributed by atoms with Crippen LogP contribution in [0.1, 0.15) is 6.42 Å². The van der Waals surface area contributed by atoms with Crippen LogP contribution in [0.4, 0.5) is 0 Å². The molecule has 4 rings (SSSR count). The Kier molecular flexibility index (Phi) is 5.68. The molecule has 0 bridgehead atoms. The van der Waals surface area contributed by atoms with Crippen LogP contribution in [0.15, 0.2) is 65.8 Å². The molecule has 1 aliphatic rings. The summed E-state index contributed by atoms with van der Waals surface area (Å²) in [5.41, 5.74) is 1.83. The molecule has 0 saturated carbocycles. The molecule has 1 atom stereocenters. The summed E-state index contributed by atoms with van der Waals surface area (Å²) in [6.07, 6.45) is 0.469. The molecule has 7 nitrogen and oxygen atoms in total. The maximum absolute atomic E-state index is 12.3. The van der Waals surface area contributed by atoms with Crippen LogP contribution in [0.5, 0.6) is 0 Å². The van der Waals surface area contributed by atoms with Gasteiger partial charge in [-0.1, -0.05) is 60.3 Å². The summed E-state index contributed by atoms with van der Waals surface area (Å²) in [5.74, 6) is 0.772. The van der Waals surface area contributed by atoms with E-state index in [0.717, 1.165) is 11.3 Å². The van der Waals surface area contributed by atoms with Crippen LogP contribution in [0.25, 0.3) is 17.1 Å². The van der Waals surface area contributed by atoms with Crippen LogP contribution in [0, 0.1) is 0 Å². The Morgan fingerprint density at radius 2 is 1.76 bits per heavy atom. The van der Waals surface area contributed by atoms with E-state index in [4.69, 9.17) is 0 Å². The van der Waals surface area contributed by atoms with Crippen molar-refractivity contribution in [3.8, 4) is 17.1 Å². The fourth-order valence-electron chi connectivity index (χ4n) is 3.26. The number of benzene rings is 2. The molecule has 1 amide bonds. The lowest BCUT2D eigenvalue weighted by Gasteiger charge is -2.12. The van der Waals surface area contributed by atoms with Gasteiger partial charge in [0.2, 0.25) is 5.91 Å². The molecule has 1 fully saturated rings. The highest BCUT2D eigenvalue weighted by Crippen LogP contribution is 2.27. The second-order valence-electron chi connectivity index (χ2n) is 6.80. The van der Waals surface area contributed by atoms with Gasteiger partial charge in [-0.05, 0) is 18.6 Å². The first-order valence-corrected chi connectivity index (χ1v) is 12.0. The van der Waals surface area contributed by atoms with Gasteiger partial charge in [-0.2, -0.15) is 0 Å². The van der Waals surface area contributed by atoms with Gasteiger partial charge >= 0.3 is 0 Å². The number of rotatable bonds is 6. The SMILES string of the molecule is O=C(CSc1nnc(-c2ccccc2)n1-c1ccccc1)NC1CCS(=O)(=O)C1. The van der Waals surface area contributed by atoms with Crippen molar-refractivity contribution in [1.29, 1.82) is 0 Å². The molecule has 0 spiro atoms. The summed E-state index contributed by atoms with van der Waals surface area (Å²) in [6, 6.07) is 19.2. The molecule has 1 N–H and O–H groups in total. The Hall–Kier alpha value is -2.65. The topological polar surface area (TPSA) is 93.9 Å². The van der Waals surface area contributed by atoms with Crippen molar-refractivity contribution in [3.05, 3.63) is 60.7 Å². The van der Waals surface area contributed by atoms with Gasteiger partial charge in [0.1, 0.15) is 0 Å². The molecule has 1 unspecified atom stereocenters. The normalized spacial score (nSPS) is 17.9. The molecule has 3 aromatic rings. The number of nitrogens with zero attached hydrogens (tertiary/aromatic N) is 3. The zero-order chi connectivity index (χ0) is 20.3. The minimum atomic E-state index is -3.03. The van der Waals surface area contributed by atoms with Crippen molar-refractivity contribution in [1.82, 2.24) is 20.1 Å². The Labute approximate surface area is 173 Å². The van der Waals surface area contributed by atoms with Gasteiger partial charge in [-0.25, -0.2) is 8.42 Å². The van der Waals surface area contributed by atoms with Crippen LogP contribution >= 0.6 is 11.8 Å². The predicted octanol–water partition coefficient (Wildman–Crippen LogP) is 2.33. The average Bonchev–Trinajstić information content (AvgIpc) is 3.30. The van der Waals surface area contributed by atoms with Crippen LogP contribution in [-0.4, -0.2) is 52.4 Å². The van der Waals surface area contributed by atoms with Crippen molar-refractivity contribution in [2.45, 2.75) is 17.6 Å². The van der Waals surface area contributed by atoms with Gasteiger partial charge < -0.3 is 5.32 Å². The Bertz CT molecular complexity index is 1100. The fourth-order valence-corrected chi connectivity index (χ4v) is 5.69. The van der Waals surface area contributed by atoms with Gasteiger partial charge in [-0.15, -0.1) is 10.2 Å². The molecule has 0 aliphatic carbocycles. The summed E-state index contributed by atoms with van der Waals surface area (Å²) in [6.45, 7) is 0. The fraction of sp³-hybridized carbons (Fsp3) is 0.250. The number of nitrogens with one attached hydrogen (secondary N) is 1. The molecule has 1 saturated heterocycles. The third kappa shape index (κ3) is 4.68. The van der Waals surface area contributed by atoms with Crippen molar-refractivity contribution in [2.75, 3.05) is 17.3 Å². The summed E-state index contributed by atoms with van der Waals surface area (Å²) < 4.78 is 25.0. The van der Waals surface area contributed by atoms with E-state index in [9.17, 15) is 13.2 Å². The second kappa shape index (κ2) is 8.38. The lowest BCUT2D eigenvalue weighted by atomic mass is 10.2. The number of thioether (sulfide) groups is 1. The van der Waals surface area contributed by atoms with Crippen LogP contribution in [0.2, 0.25) is 0 Å². The molecule has 2 heterocycles. The van der Waals surface area contributed by atoms with Gasteiger partial charge in [0.05, 0.1) is 17.3 Å². The van der Waals surface area contributed by atoms with E-state index in [1.807, 2.05) is 65.2 Å². The maximum Gasteiger partial charge on any atom is 0.230 e. The van der Waals surface area contributed by atoms with Crippen molar-refractivity contribution in [3.63, 3.8) is 0 Å². The molecular formula is C20H20N4O3S2. The second-order valence-corrected chi connectivity index (χ2v) is 9.97. The third-order valence-electron chi connectivity index (χ3n) is 4.61. The molecule has 150 valence electrons. The van der Waals surface area contributed by atoms with Gasteiger partial charge in [-0.3, -0.25) is 9.36 Å². The Morgan fingerprint density at radius 1 is 1.07 bits per heavy atom. The zero-order valence-corrected chi connectivity index (χ0v) is 17.2. The van der Waals surface area contributed by atoms with Crippen LogP contribution in [-0.2, 0) is 14.6 Å². The molecular weight excluding hydrogens is 408 g/mol. The van der Waals surface area contributed by atoms with Crippen LogP contribution in [0.3, 0.4) is 0 Å². The Balaban J connectivity index is 1.53. The van der Waals surface area contributed by atoms with Gasteiger partial charge in [0.15, 0.2) is 20.8 Å². The number of amides is 1. The first-order valence-electron chi connectivity index (χ1n) is 9.21. The quantitative estimate of drug-likeness (QED) is 0.606. The summed E-state index contributed by atoms with van der Waals surface area (Å²) in [7, 11) is -3.03. The highest BCUT2D eigenvalue weighted by Gasteiger charge is 2.29. The van der Waals surface area contributed by atoms with Crippen molar-refractivity contribution in [2.24, 2.45) is 0 Å². The van der Waals surface area contributed by atoms with Crippen molar-refractivity contribution >= 4 is 27.5 Å². The van der Waals surface area contributed by atoms with E-state index >= 15 is 0 Å². The van der Waals surface area contributed by atoms with Gasteiger partial charge in [0.25, 0.3) is 0 Å². The smallest absolute Gasteiger partial charge is 0.230 e. The van der Waals surface area contributed by atoms with E-state index in [1.54, 1.807) is 0 Å². The standard InChI is InChI=1S/C20H20N4O3S2/c25-18(21-16-11-12-29(26,27)14-16)13-28-20-23-22-19(15-7-3-1-4-8-15)24(20)17-9-5-2-6-10-17/h1-10,16H,11-14H2,(H,21,25). The number of carbonyl (C=O) groups excluding carboxylic acids is 1. The highest BCUT2D eigenvalue weighted by molar-refractivity contribution is 7.99. The van der Waals surface area contributed by atoms with Gasteiger partial charge in [0, 0.05) is 17.3 Å². The van der Waals surface area contributed by atoms with E-state index in [2.05, 4.69) is 15.5 Å². The lowest BCUT2D eigenvalue weighted by molar-refractivity contribution is -0.119. The molecule has 2 aromatic carbocycles. The van der Waals surface area contributed by atoms with E-state index in [1.165, 1.54) is 11.8 Å². The molecule has 1 aliphatic heterocycles. The van der Waals surface area contributed by atoms with E-state index in [-0.39, 0.29) is 29.2 Å². The largest absolute Gasteiger partial charge is 0.352 e. The lowest BCUT2D eigenvalue weighted by Crippen LogP contribution is -2.36. The molecule has 29 heavy (non-hydrogen) atoms. The average molecular weight is 429 g/mol. The Morgan fingerprint density at radius 3 is 2.41 bits per heavy atom.